The molecular formula is C21H21N7OS. The van der Waals surface area contributed by atoms with E-state index >= 15 is 0 Å². The molecule has 0 unspecified atom stereocenters. The molecular weight excluding hydrogens is 398 g/mol. The minimum atomic E-state index is -0.183. The molecule has 4 aromatic rings. The second-order valence-corrected chi connectivity index (χ2v) is 7.74. The SMILES string of the molecule is Cc1ccc(-c2nnc(SCC(=O)Nc3cc(C)nn3-c3ccccc3)n2N)cc1. The lowest BCUT2D eigenvalue weighted by Gasteiger charge is -2.08. The Morgan fingerprint density at radius 1 is 1.07 bits per heavy atom. The first-order chi connectivity index (χ1) is 14.5. The molecule has 2 aromatic carbocycles. The van der Waals surface area contributed by atoms with Crippen molar-refractivity contribution in [2.24, 2.45) is 0 Å². The molecule has 2 heterocycles. The summed E-state index contributed by atoms with van der Waals surface area (Å²) in [5.41, 5.74) is 3.71. The summed E-state index contributed by atoms with van der Waals surface area (Å²) in [6.45, 7) is 3.90. The summed E-state index contributed by atoms with van der Waals surface area (Å²) in [5.74, 6) is 7.26. The molecule has 1 amide bonds. The molecule has 3 N–H and O–H groups in total. The van der Waals surface area contributed by atoms with E-state index in [1.807, 2.05) is 74.5 Å². The number of carbonyl (C=O) groups excluding carboxylic acids is 1. The van der Waals surface area contributed by atoms with Crippen LogP contribution in [0, 0.1) is 13.8 Å². The summed E-state index contributed by atoms with van der Waals surface area (Å²) >= 11 is 1.22. The highest BCUT2D eigenvalue weighted by molar-refractivity contribution is 7.99. The van der Waals surface area contributed by atoms with Gasteiger partial charge in [-0.2, -0.15) is 5.10 Å². The maximum absolute atomic E-state index is 12.5. The number of nitrogens with zero attached hydrogens (tertiary/aromatic N) is 5. The molecule has 4 rings (SSSR count). The van der Waals surface area contributed by atoms with Gasteiger partial charge in [0.1, 0.15) is 5.82 Å². The molecule has 9 heteroatoms. The van der Waals surface area contributed by atoms with Gasteiger partial charge in [-0.3, -0.25) is 4.79 Å². The average molecular weight is 420 g/mol. The van der Waals surface area contributed by atoms with Crippen LogP contribution in [-0.4, -0.2) is 36.3 Å². The molecule has 152 valence electrons. The lowest BCUT2D eigenvalue weighted by atomic mass is 10.1. The number of nitrogens with two attached hydrogens (primary N) is 1. The van der Waals surface area contributed by atoms with Crippen LogP contribution >= 0.6 is 11.8 Å². The van der Waals surface area contributed by atoms with Crippen molar-refractivity contribution in [3.05, 3.63) is 71.9 Å². The highest BCUT2D eigenvalue weighted by Crippen LogP contribution is 2.22. The fourth-order valence-electron chi connectivity index (χ4n) is 2.94. The van der Waals surface area contributed by atoms with Gasteiger partial charge in [0.25, 0.3) is 0 Å². The zero-order chi connectivity index (χ0) is 21.1. The third-order valence-corrected chi connectivity index (χ3v) is 5.35. The van der Waals surface area contributed by atoms with E-state index < -0.39 is 0 Å². The minimum absolute atomic E-state index is 0.141. The first-order valence-electron chi connectivity index (χ1n) is 9.33. The van der Waals surface area contributed by atoms with Crippen LogP contribution in [0.2, 0.25) is 0 Å². The number of anilines is 1. The summed E-state index contributed by atoms with van der Waals surface area (Å²) in [4.78, 5) is 12.5. The second-order valence-electron chi connectivity index (χ2n) is 6.80. The smallest absolute Gasteiger partial charge is 0.236 e. The predicted molar refractivity (Wildman–Crippen MR) is 118 cm³/mol. The maximum Gasteiger partial charge on any atom is 0.236 e. The second kappa shape index (κ2) is 8.42. The Morgan fingerprint density at radius 2 is 1.80 bits per heavy atom. The first-order valence-corrected chi connectivity index (χ1v) is 10.3. The van der Waals surface area contributed by atoms with Crippen LogP contribution in [0.3, 0.4) is 0 Å². The Bertz CT molecular complexity index is 1170. The quantitative estimate of drug-likeness (QED) is 0.367. The van der Waals surface area contributed by atoms with Crippen LogP contribution in [0.5, 0.6) is 0 Å². The Morgan fingerprint density at radius 3 is 2.53 bits per heavy atom. The fourth-order valence-corrected chi connectivity index (χ4v) is 3.59. The van der Waals surface area contributed by atoms with Crippen LogP contribution in [0.4, 0.5) is 5.82 Å². The molecule has 0 saturated carbocycles. The number of aryl methyl sites for hydroxylation is 2. The van der Waals surface area contributed by atoms with Crippen LogP contribution in [0.25, 0.3) is 17.1 Å². The number of nitrogens with one attached hydrogen (secondary N) is 1. The van der Waals surface area contributed by atoms with Gasteiger partial charge < -0.3 is 11.2 Å². The molecule has 30 heavy (non-hydrogen) atoms. The van der Waals surface area contributed by atoms with Crippen molar-refractivity contribution in [1.82, 2.24) is 24.7 Å². The molecule has 0 bridgehead atoms. The normalized spacial score (nSPS) is 10.9. The number of nitrogen functional groups attached to an aromatic ring is 1. The summed E-state index contributed by atoms with van der Waals surface area (Å²) < 4.78 is 3.11. The highest BCUT2D eigenvalue weighted by atomic mass is 32.2. The van der Waals surface area contributed by atoms with Gasteiger partial charge >= 0.3 is 0 Å². The van der Waals surface area contributed by atoms with Crippen molar-refractivity contribution >= 4 is 23.5 Å². The van der Waals surface area contributed by atoms with E-state index in [1.54, 1.807) is 4.68 Å². The number of carbonyl (C=O) groups is 1. The average Bonchev–Trinajstić information content (AvgIpc) is 3.30. The van der Waals surface area contributed by atoms with E-state index in [2.05, 4.69) is 20.6 Å². The van der Waals surface area contributed by atoms with Gasteiger partial charge in [0.05, 0.1) is 17.1 Å². The number of hydrogen-bond acceptors (Lipinski definition) is 6. The summed E-state index contributed by atoms with van der Waals surface area (Å²) in [6.07, 6.45) is 0. The minimum Gasteiger partial charge on any atom is -0.335 e. The summed E-state index contributed by atoms with van der Waals surface area (Å²) in [7, 11) is 0. The number of para-hydroxylation sites is 1. The van der Waals surface area contributed by atoms with Gasteiger partial charge in [-0.15, -0.1) is 10.2 Å². The lowest BCUT2D eigenvalue weighted by Crippen LogP contribution is -2.18. The van der Waals surface area contributed by atoms with Gasteiger partial charge in [0, 0.05) is 11.6 Å². The van der Waals surface area contributed by atoms with Crippen LogP contribution in [0.1, 0.15) is 11.3 Å². The Kier molecular flexibility index (Phi) is 5.53. The number of benzene rings is 2. The zero-order valence-corrected chi connectivity index (χ0v) is 17.4. The third-order valence-electron chi connectivity index (χ3n) is 4.41. The van der Waals surface area contributed by atoms with Crippen molar-refractivity contribution < 1.29 is 4.79 Å². The van der Waals surface area contributed by atoms with Crippen LogP contribution < -0.4 is 11.2 Å². The molecule has 0 aliphatic heterocycles. The molecule has 0 atom stereocenters. The van der Waals surface area contributed by atoms with E-state index in [0.717, 1.165) is 22.5 Å². The molecule has 0 fully saturated rings. The van der Waals surface area contributed by atoms with Gasteiger partial charge in [0.15, 0.2) is 5.82 Å². The third kappa shape index (κ3) is 4.20. The molecule has 0 aliphatic rings. The molecule has 0 aliphatic carbocycles. The number of rotatable bonds is 6. The number of thioether (sulfide) groups is 1. The Labute approximate surface area is 178 Å². The topological polar surface area (TPSA) is 104 Å². The first kappa shape index (κ1) is 19.7. The molecule has 0 saturated heterocycles. The Balaban J connectivity index is 1.44. The van der Waals surface area contributed by atoms with Crippen LogP contribution in [-0.2, 0) is 4.79 Å². The molecule has 2 aromatic heterocycles. The lowest BCUT2D eigenvalue weighted by molar-refractivity contribution is -0.113. The van der Waals surface area contributed by atoms with E-state index in [-0.39, 0.29) is 11.7 Å². The Hall–Kier alpha value is -3.59. The highest BCUT2D eigenvalue weighted by Gasteiger charge is 2.15. The largest absolute Gasteiger partial charge is 0.335 e. The van der Waals surface area contributed by atoms with E-state index in [0.29, 0.717) is 16.8 Å². The molecule has 8 nitrogen and oxygen atoms in total. The van der Waals surface area contributed by atoms with Crippen molar-refractivity contribution in [1.29, 1.82) is 0 Å². The van der Waals surface area contributed by atoms with E-state index in [1.165, 1.54) is 16.4 Å². The predicted octanol–water partition coefficient (Wildman–Crippen LogP) is 3.19. The maximum atomic E-state index is 12.5. The zero-order valence-electron chi connectivity index (χ0n) is 16.6. The van der Waals surface area contributed by atoms with Gasteiger partial charge in [-0.05, 0) is 26.0 Å². The standard InChI is InChI=1S/C21H21N7OS/c1-14-8-10-16(11-9-14)20-24-25-21(27(20)22)30-13-19(29)23-18-12-15(2)26-28(18)17-6-4-3-5-7-17/h3-12H,13,22H2,1-2H3,(H,23,29). The number of aromatic nitrogens is 5. The van der Waals surface area contributed by atoms with Gasteiger partial charge in [0.2, 0.25) is 11.1 Å². The number of hydrogen-bond donors (Lipinski definition) is 2. The van der Waals surface area contributed by atoms with Gasteiger partial charge in [-0.1, -0.05) is 59.8 Å². The molecule has 0 radical (unpaired) electrons. The summed E-state index contributed by atoms with van der Waals surface area (Å²) in [6, 6.07) is 19.3. The number of amides is 1. The van der Waals surface area contributed by atoms with Crippen LogP contribution in [0.15, 0.2) is 65.8 Å². The molecule has 0 spiro atoms. The van der Waals surface area contributed by atoms with E-state index in [9.17, 15) is 4.79 Å². The van der Waals surface area contributed by atoms with E-state index in [4.69, 9.17) is 5.84 Å². The van der Waals surface area contributed by atoms with Crippen molar-refractivity contribution in [3.8, 4) is 17.1 Å². The van der Waals surface area contributed by atoms with Crippen molar-refractivity contribution in [2.45, 2.75) is 19.0 Å². The van der Waals surface area contributed by atoms with Crippen molar-refractivity contribution in [2.75, 3.05) is 16.9 Å². The fraction of sp³-hybridized carbons (Fsp3) is 0.143. The van der Waals surface area contributed by atoms with Crippen molar-refractivity contribution in [3.63, 3.8) is 0 Å². The summed E-state index contributed by atoms with van der Waals surface area (Å²) in [5, 5.41) is 16.1. The monoisotopic (exact) mass is 419 g/mol. The van der Waals surface area contributed by atoms with Gasteiger partial charge in [-0.25, -0.2) is 9.36 Å².